The maximum Gasteiger partial charge on any atom is 0.227 e. The van der Waals surface area contributed by atoms with Gasteiger partial charge in [-0.3, -0.25) is 4.79 Å². The summed E-state index contributed by atoms with van der Waals surface area (Å²) in [5.74, 6) is 1.20. The molecule has 0 saturated carbocycles. The minimum Gasteiger partial charge on any atom is -0.342 e. The first-order chi connectivity index (χ1) is 9.74. The van der Waals surface area contributed by atoms with E-state index in [1.165, 1.54) is 6.07 Å². The van der Waals surface area contributed by atoms with E-state index in [1.807, 2.05) is 4.90 Å². The van der Waals surface area contributed by atoms with Crippen LogP contribution in [0.3, 0.4) is 0 Å². The average Bonchev–Trinajstić information content (AvgIpc) is 2.80. The predicted molar refractivity (Wildman–Crippen MR) is 75.8 cm³/mol. The van der Waals surface area contributed by atoms with E-state index < -0.39 is 0 Å². The molecule has 1 aromatic carbocycles. The Kier molecular flexibility index (Phi) is 4.01. The van der Waals surface area contributed by atoms with Crippen molar-refractivity contribution in [3.05, 3.63) is 35.6 Å². The molecule has 2 aliphatic rings. The van der Waals surface area contributed by atoms with Gasteiger partial charge in [-0.15, -0.1) is 0 Å². The Bertz CT molecular complexity index is 477. The normalized spacial score (nSPS) is 26.1. The van der Waals surface area contributed by atoms with Crippen molar-refractivity contribution >= 4 is 5.91 Å². The van der Waals surface area contributed by atoms with Crippen molar-refractivity contribution in [2.45, 2.75) is 19.3 Å². The number of hydrogen-bond donors (Lipinski definition) is 1. The molecule has 0 unspecified atom stereocenters. The van der Waals surface area contributed by atoms with Crippen LogP contribution in [0.1, 0.15) is 18.4 Å². The average molecular weight is 276 g/mol. The highest BCUT2D eigenvalue weighted by atomic mass is 19.1. The molecule has 108 valence electrons. The van der Waals surface area contributed by atoms with Crippen LogP contribution in [0.25, 0.3) is 0 Å². The smallest absolute Gasteiger partial charge is 0.227 e. The summed E-state index contributed by atoms with van der Waals surface area (Å²) in [5, 5.41) is 3.43. The third-order valence-electron chi connectivity index (χ3n) is 4.67. The molecule has 2 aliphatic heterocycles. The summed E-state index contributed by atoms with van der Waals surface area (Å²) < 4.78 is 13.6. The van der Waals surface area contributed by atoms with Crippen LogP contribution in [0, 0.1) is 17.7 Å². The zero-order chi connectivity index (χ0) is 13.9. The maximum atomic E-state index is 13.6. The molecule has 2 saturated heterocycles. The van der Waals surface area contributed by atoms with Crippen LogP contribution in [0.5, 0.6) is 0 Å². The van der Waals surface area contributed by atoms with Gasteiger partial charge >= 0.3 is 0 Å². The van der Waals surface area contributed by atoms with E-state index in [0.29, 0.717) is 17.4 Å². The molecule has 2 fully saturated rings. The fourth-order valence-electron chi connectivity index (χ4n) is 3.38. The second-order valence-electron chi connectivity index (χ2n) is 5.90. The summed E-state index contributed by atoms with van der Waals surface area (Å²) in [6.07, 6.45) is 2.32. The van der Waals surface area contributed by atoms with Crippen molar-refractivity contribution in [3.63, 3.8) is 0 Å². The van der Waals surface area contributed by atoms with Crippen LogP contribution in [0.4, 0.5) is 4.39 Å². The Morgan fingerprint density at radius 1 is 1.20 bits per heavy atom. The van der Waals surface area contributed by atoms with Gasteiger partial charge in [0.05, 0.1) is 6.42 Å². The van der Waals surface area contributed by atoms with Crippen molar-refractivity contribution in [3.8, 4) is 0 Å². The molecule has 0 bridgehead atoms. The molecule has 3 rings (SSSR count). The summed E-state index contributed by atoms with van der Waals surface area (Å²) in [4.78, 5) is 14.3. The zero-order valence-electron chi connectivity index (χ0n) is 11.6. The van der Waals surface area contributed by atoms with Gasteiger partial charge < -0.3 is 10.2 Å². The summed E-state index contributed by atoms with van der Waals surface area (Å²) in [6.45, 7) is 3.80. The first-order valence-electron chi connectivity index (χ1n) is 7.46. The zero-order valence-corrected chi connectivity index (χ0v) is 11.6. The lowest BCUT2D eigenvalue weighted by Gasteiger charge is -2.21. The fraction of sp³-hybridized carbons (Fsp3) is 0.562. The van der Waals surface area contributed by atoms with Gasteiger partial charge in [0.1, 0.15) is 5.82 Å². The monoisotopic (exact) mass is 276 g/mol. The maximum absolute atomic E-state index is 13.6. The minimum atomic E-state index is -0.281. The molecule has 2 heterocycles. The van der Waals surface area contributed by atoms with Crippen LogP contribution < -0.4 is 5.32 Å². The number of hydrogen-bond acceptors (Lipinski definition) is 2. The third kappa shape index (κ3) is 2.85. The summed E-state index contributed by atoms with van der Waals surface area (Å²) in [6, 6.07) is 6.55. The van der Waals surface area contributed by atoms with E-state index in [0.717, 1.165) is 39.0 Å². The predicted octanol–water partition coefficient (Wildman–Crippen LogP) is 1.83. The molecule has 1 amide bonds. The molecule has 4 heteroatoms. The van der Waals surface area contributed by atoms with Gasteiger partial charge in [-0.2, -0.15) is 0 Å². The summed E-state index contributed by atoms with van der Waals surface area (Å²) in [7, 11) is 0. The minimum absolute atomic E-state index is 0.0584. The number of fused-ring (bicyclic) bond motifs is 1. The van der Waals surface area contributed by atoms with Crippen LogP contribution in [0.2, 0.25) is 0 Å². The van der Waals surface area contributed by atoms with Gasteiger partial charge in [-0.05, 0) is 49.4 Å². The Hall–Kier alpha value is -1.42. The van der Waals surface area contributed by atoms with Crippen molar-refractivity contribution in [2.24, 2.45) is 11.8 Å². The van der Waals surface area contributed by atoms with Crippen LogP contribution >= 0.6 is 0 Å². The lowest BCUT2D eigenvalue weighted by Crippen LogP contribution is -2.34. The molecular weight excluding hydrogens is 255 g/mol. The Labute approximate surface area is 119 Å². The highest BCUT2D eigenvalue weighted by Gasteiger charge is 2.31. The van der Waals surface area contributed by atoms with Crippen LogP contribution in [-0.2, 0) is 11.2 Å². The molecule has 0 spiro atoms. The molecule has 0 radical (unpaired) electrons. The SMILES string of the molecule is O=C(Cc1ccccc1F)N1CC[C@@H]2CNC[C@@H]2CC1. The van der Waals surface area contributed by atoms with E-state index >= 15 is 0 Å². The van der Waals surface area contributed by atoms with E-state index in [-0.39, 0.29) is 18.1 Å². The second kappa shape index (κ2) is 5.92. The Morgan fingerprint density at radius 2 is 1.85 bits per heavy atom. The van der Waals surface area contributed by atoms with Crippen LogP contribution in [0.15, 0.2) is 24.3 Å². The topological polar surface area (TPSA) is 32.3 Å². The van der Waals surface area contributed by atoms with E-state index in [9.17, 15) is 9.18 Å². The van der Waals surface area contributed by atoms with Crippen molar-refractivity contribution < 1.29 is 9.18 Å². The summed E-state index contributed by atoms with van der Waals surface area (Å²) >= 11 is 0. The molecule has 1 aromatic rings. The fourth-order valence-corrected chi connectivity index (χ4v) is 3.38. The van der Waals surface area contributed by atoms with E-state index in [2.05, 4.69) is 5.32 Å². The first-order valence-corrected chi connectivity index (χ1v) is 7.46. The quantitative estimate of drug-likeness (QED) is 0.894. The molecule has 2 atom stereocenters. The molecular formula is C16H21FN2O. The van der Waals surface area contributed by atoms with Crippen LogP contribution in [-0.4, -0.2) is 37.0 Å². The van der Waals surface area contributed by atoms with Crippen molar-refractivity contribution in [1.82, 2.24) is 10.2 Å². The van der Waals surface area contributed by atoms with Gasteiger partial charge in [0.2, 0.25) is 5.91 Å². The number of nitrogens with one attached hydrogen (secondary N) is 1. The van der Waals surface area contributed by atoms with Crippen molar-refractivity contribution in [2.75, 3.05) is 26.2 Å². The van der Waals surface area contributed by atoms with Gasteiger partial charge in [-0.1, -0.05) is 18.2 Å². The van der Waals surface area contributed by atoms with E-state index in [4.69, 9.17) is 0 Å². The van der Waals surface area contributed by atoms with Gasteiger partial charge in [0, 0.05) is 13.1 Å². The standard InChI is InChI=1S/C16H21FN2O/c17-15-4-2-1-3-12(15)9-16(20)19-7-5-13-10-18-11-14(13)6-8-19/h1-4,13-14,18H,5-11H2/t13-,14+. The molecule has 3 nitrogen and oxygen atoms in total. The Morgan fingerprint density at radius 3 is 2.50 bits per heavy atom. The van der Waals surface area contributed by atoms with Gasteiger partial charge in [-0.25, -0.2) is 4.39 Å². The first kappa shape index (κ1) is 13.6. The number of rotatable bonds is 2. The number of amides is 1. The highest BCUT2D eigenvalue weighted by Crippen LogP contribution is 2.27. The molecule has 1 N–H and O–H groups in total. The molecule has 0 aliphatic carbocycles. The van der Waals surface area contributed by atoms with Gasteiger partial charge in [0.25, 0.3) is 0 Å². The number of halogens is 1. The number of likely N-dealkylation sites (tertiary alicyclic amines) is 1. The number of carbonyl (C=O) groups is 1. The number of carbonyl (C=O) groups excluding carboxylic acids is 1. The lowest BCUT2D eigenvalue weighted by molar-refractivity contribution is -0.130. The highest BCUT2D eigenvalue weighted by molar-refractivity contribution is 5.78. The second-order valence-corrected chi connectivity index (χ2v) is 5.90. The summed E-state index contributed by atoms with van der Waals surface area (Å²) in [5.41, 5.74) is 0.503. The largest absolute Gasteiger partial charge is 0.342 e. The van der Waals surface area contributed by atoms with Gasteiger partial charge in [0.15, 0.2) is 0 Å². The third-order valence-corrected chi connectivity index (χ3v) is 4.67. The molecule has 0 aromatic heterocycles. The molecule has 20 heavy (non-hydrogen) atoms. The van der Waals surface area contributed by atoms with E-state index in [1.54, 1.807) is 18.2 Å². The Balaban J connectivity index is 1.61. The number of benzene rings is 1. The lowest BCUT2D eigenvalue weighted by atomic mass is 9.92. The van der Waals surface area contributed by atoms with Crippen molar-refractivity contribution in [1.29, 1.82) is 0 Å². The number of nitrogens with zero attached hydrogens (tertiary/aromatic N) is 1.